The van der Waals surface area contributed by atoms with Gasteiger partial charge in [0, 0.05) is 0 Å². The highest BCUT2D eigenvalue weighted by molar-refractivity contribution is 5.68. The van der Waals surface area contributed by atoms with Gasteiger partial charge in [-0.25, -0.2) is 0 Å². The van der Waals surface area contributed by atoms with Crippen LogP contribution in [0.15, 0.2) is 54.2 Å². The molecule has 0 saturated heterocycles. The van der Waals surface area contributed by atoms with Crippen molar-refractivity contribution < 1.29 is 9.47 Å². The van der Waals surface area contributed by atoms with Gasteiger partial charge in [-0.3, -0.25) is 0 Å². The Kier molecular flexibility index (Phi) is 6.07. The highest BCUT2D eigenvalue weighted by Gasteiger charge is 2.04. The molecule has 118 valence electrons. The van der Waals surface area contributed by atoms with Gasteiger partial charge >= 0.3 is 0 Å². The number of rotatable bonds is 7. The molecule has 0 atom stereocenters. The van der Waals surface area contributed by atoms with Crippen LogP contribution in [0.3, 0.4) is 0 Å². The summed E-state index contributed by atoms with van der Waals surface area (Å²) in [7, 11) is 1.60. The van der Waals surface area contributed by atoms with E-state index in [1.54, 1.807) is 13.2 Å². The van der Waals surface area contributed by atoms with Crippen molar-refractivity contribution in [3.8, 4) is 17.6 Å². The molecule has 2 rings (SSSR count). The van der Waals surface area contributed by atoms with E-state index in [9.17, 15) is 5.26 Å². The van der Waals surface area contributed by atoms with Crippen LogP contribution >= 0.6 is 0 Å². The molecular formula is C19H20N2O2. The van der Waals surface area contributed by atoms with Crippen LogP contribution in [0, 0.1) is 11.3 Å². The van der Waals surface area contributed by atoms with Crippen molar-refractivity contribution in [2.75, 3.05) is 19.0 Å². The molecule has 23 heavy (non-hydrogen) atoms. The summed E-state index contributed by atoms with van der Waals surface area (Å²) in [5.41, 5.74) is 2.12. The first-order chi connectivity index (χ1) is 11.3. The standard InChI is InChI=1S/C19H20N2O2/c1-3-12-23-17-10-8-15(9-11-17)13-16(14-20)21-18-6-4-5-7-19(18)22-2/h4-11,13,21H,3,12H2,1-2H3. The fourth-order valence-corrected chi connectivity index (χ4v) is 2.04. The molecule has 0 spiro atoms. The summed E-state index contributed by atoms with van der Waals surface area (Å²) < 4.78 is 10.8. The summed E-state index contributed by atoms with van der Waals surface area (Å²) in [5.74, 6) is 1.53. The first-order valence-electron chi connectivity index (χ1n) is 7.51. The Morgan fingerprint density at radius 2 is 1.91 bits per heavy atom. The lowest BCUT2D eigenvalue weighted by atomic mass is 10.2. The molecule has 0 aromatic heterocycles. The number of nitrogens with zero attached hydrogens (tertiary/aromatic N) is 1. The van der Waals surface area contributed by atoms with E-state index in [0.717, 1.165) is 23.4 Å². The minimum absolute atomic E-state index is 0.441. The summed E-state index contributed by atoms with van der Waals surface area (Å²) in [4.78, 5) is 0. The zero-order chi connectivity index (χ0) is 16.5. The summed E-state index contributed by atoms with van der Waals surface area (Å²) >= 11 is 0. The van der Waals surface area contributed by atoms with Crippen molar-refractivity contribution >= 4 is 11.8 Å². The third-order valence-electron chi connectivity index (χ3n) is 3.16. The molecule has 4 nitrogen and oxygen atoms in total. The predicted molar refractivity (Wildman–Crippen MR) is 92.4 cm³/mol. The Morgan fingerprint density at radius 3 is 2.57 bits per heavy atom. The Labute approximate surface area is 137 Å². The van der Waals surface area contributed by atoms with Gasteiger partial charge in [0.2, 0.25) is 0 Å². The molecule has 2 aromatic rings. The van der Waals surface area contributed by atoms with Crippen LogP contribution in [0.2, 0.25) is 0 Å². The second kappa shape index (κ2) is 8.50. The smallest absolute Gasteiger partial charge is 0.142 e. The molecule has 2 aromatic carbocycles. The molecule has 4 heteroatoms. The minimum Gasteiger partial charge on any atom is -0.495 e. The van der Waals surface area contributed by atoms with Crippen LogP contribution < -0.4 is 14.8 Å². The summed E-state index contributed by atoms with van der Waals surface area (Å²) in [5, 5.41) is 12.4. The second-order valence-electron chi connectivity index (χ2n) is 4.91. The average Bonchev–Trinajstić information content (AvgIpc) is 2.61. The Balaban J connectivity index is 2.14. The van der Waals surface area contributed by atoms with Gasteiger partial charge in [0.15, 0.2) is 0 Å². The third-order valence-corrected chi connectivity index (χ3v) is 3.16. The number of nitriles is 1. The van der Waals surface area contributed by atoms with Crippen LogP contribution in [-0.2, 0) is 0 Å². The predicted octanol–water partition coefficient (Wildman–Crippen LogP) is 4.46. The van der Waals surface area contributed by atoms with E-state index in [0.29, 0.717) is 18.1 Å². The lowest BCUT2D eigenvalue weighted by molar-refractivity contribution is 0.317. The number of ether oxygens (including phenoxy) is 2. The van der Waals surface area contributed by atoms with Crippen LogP contribution in [0.5, 0.6) is 11.5 Å². The molecule has 0 amide bonds. The highest BCUT2D eigenvalue weighted by Crippen LogP contribution is 2.25. The summed E-state index contributed by atoms with van der Waals surface area (Å²) in [6, 6.07) is 17.3. The molecule has 0 heterocycles. The monoisotopic (exact) mass is 308 g/mol. The van der Waals surface area contributed by atoms with Crippen molar-refractivity contribution in [3.63, 3.8) is 0 Å². The lowest BCUT2D eigenvalue weighted by Gasteiger charge is -2.10. The fraction of sp³-hybridized carbons (Fsp3) is 0.211. The van der Waals surface area contributed by atoms with E-state index in [1.165, 1.54) is 0 Å². The average molecular weight is 308 g/mol. The normalized spacial score (nSPS) is 10.7. The van der Waals surface area contributed by atoms with Gasteiger partial charge in [-0.2, -0.15) is 5.26 Å². The van der Waals surface area contributed by atoms with E-state index in [-0.39, 0.29) is 0 Å². The van der Waals surface area contributed by atoms with Crippen molar-refractivity contribution in [2.45, 2.75) is 13.3 Å². The van der Waals surface area contributed by atoms with Gasteiger partial charge in [-0.15, -0.1) is 0 Å². The SMILES string of the molecule is CCCOc1ccc(C=C(C#N)Nc2ccccc2OC)cc1. The number of benzene rings is 2. The molecule has 1 N–H and O–H groups in total. The summed E-state index contributed by atoms with van der Waals surface area (Å²) in [6.07, 6.45) is 2.76. The Morgan fingerprint density at radius 1 is 1.17 bits per heavy atom. The number of hydrogen-bond acceptors (Lipinski definition) is 4. The Hall–Kier alpha value is -2.93. The fourth-order valence-electron chi connectivity index (χ4n) is 2.04. The molecule has 0 radical (unpaired) electrons. The van der Waals surface area contributed by atoms with Gasteiger partial charge < -0.3 is 14.8 Å². The number of para-hydroxylation sites is 2. The molecule has 0 saturated carbocycles. The largest absolute Gasteiger partial charge is 0.495 e. The van der Waals surface area contributed by atoms with Crippen molar-refractivity contribution in [3.05, 3.63) is 59.8 Å². The minimum atomic E-state index is 0.441. The topological polar surface area (TPSA) is 54.3 Å². The van der Waals surface area contributed by atoms with Crippen LogP contribution in [0.25, 0.3) is 6.08 Å². The lowest BCUT2D eigenvalue weighted by Crippen LogP contribution is -1.99. The van der Waals surface area contributed by atoms with Gasteiger partial charge in [0.1, 0.15) is 23.3 Å². The first kappa shape index (κ1) is 16.4. The van der Waals surface area contributed by atoms with E-state index < -0.39 is 0 Å². The van der Waals surface area contributed by atoms with Gasteiger partial charge in [-0.1, -0.05) is 31.2 Å². The first-order valence-corrected chi connectivity index (χ1v) is 7.51. The van der Waals surface area contributed by atoms with Crippen LogP contribution in [0.1, 0.15) is 18.9 Å². The molecule has 0 aliphatic heterocycles. The maximum atomic E-state index is 9.34. The van der Waals surface area contributed by atoms with Crippen LogP contribution in [0.4, 0.5) is 5.69 Å². The van der Waals surface area contributed by atoms with Crippen molar-refractivity contribution in [2.24, 2.45) is 0 Å². The quantitative estimate of drug-likeness (QED) is 0.767. The number of methoxy groups -OCH3 is 1. The second-order valence-corrected chi connectivity index (χ2v) is 4.91. The summed E-state index contributed by atoms with van der Waals surface area (Å²) in [6.45, 7) is 2.77. The molecule has 0 aliphatic carbocycles. The van der Waals surface area contributed by atoms with Gasteiger partial charge in [0.25, 0.3) is 0 Å². The van der Waals surface area contributed by atoms with Crippen LogP contribution in [-0.4, -0.2) is 13.7 Å². The van der Waals surface area contributed by atoms with Gasteiger partial charge in [-0.05, 0) is 42.3 Å². The third kappa shape index (κ3) is 4.79. The van der Waals surface area contributed by atoms with Gasteiger partial charge in [0.05, 0.1) is 19.4 Å². The zero-order valence-electron chi connectivity index (χ0n) is 13.4. The molecule has 0 bridgehead atoms. The van der Waals surface area contributed by atoms with Crippen molar-refractivity contribution in [1.29, 1.82) is 5.26 Å². The van der Waals surface area contributed by atoms with E-state index in [1.807, 2.05) is 48.5 Å². The Bertz CT molecular complexity index is 700. The molecule has 0 fully saturated rings. The molecule has 0 aliphatic rings. The number of nitrogens with one attached hydrogen (secondary N) is 1. The molecule has 0 unspecified atom stereocenters. The van der Waals surface area contributed by atoms with E-state index in [2.05, 4.69) is 18.3 Å². The zero-order valence-corrected chi connectivity index (χ0v) is 13.4. The van der Waals surface area contributed by atoms with Crippen molar-refractivity contribution in [1.82, 2.24) is 0 Å². The van der Waals surface area contributed by atoms with E-state index in [4.69, 9.17) is 9.47 Å². The number of allylic oxidation sites excluding steroid dienone is 1. The van der Waals surface area contributed by atoms with E-state index >= 15 is 0 Å². The maximum Gasteiger partial charge on any atom is 0.142 e. The maximum absolute atomic E-state index is 9.34. The number of hydrogen-bond donors (Lipinski definition) is 1. The highest BCUT2D eigenvalue weighted by atomic mass is 16.5. The number of anilines is 1. The molecular weight excluding hydrogens is 288 g/mol.